The van der Waals surface area contributed by atoms with Crippen molar-refractivity contribution in [2.75, 3.05) is 0 Å². The number of halogens is 1. The second-order valence-electron chi connectivity index (χ2n) is 5.52. The van der Waals surface area contributed by atoms with Crippen molar-refractivity contribution < 1.29 is 9.53 Å². The van der Waals surface area contributed by atoms with E-state index in [9.17, 15) is 4.79 Å². The van der Waals surface area contributed by atoms with E-state index in [1.54, 1.807) is 0 Å². The molecule has 1 amide bonds. The summed E-state index contributed by atoms with van der Waals surface area (Å²) >= 11 is 4.78. The summed E-state index contributed by atoms with van der Waals surface area (Å²) in [5, 5.41) is 14.0. The third kappa shape index (κ3) is 4.10. The molecule has 0 saturated heterocycles. The number of aromatic nitrogens is 2. The molecule has 0 unspecified atom stereocenters. The Morgan fingerprint density at radius 2 is 2.08 bits per heavy atom. The molecule has 0 radical (unpaired) electrons. The Bertz CT molecular complexity index is 765. The van der Waals surface area contributed by atoms with Gasteiger partial charge in [-0.05, 0) is 47.7 Å². The van der Waals surface area contributed by atoms with Crippen LogP contribution in [0.3, 0.4) is 0 Å². The average Bonchev–Trinajstić information content (AvgIpc) is 3.04. The lowest BCUT2D eigenvalue weighted by Crippen LogP contribution is -2.39. The summed E-state index contributed by atoms with van der Waals surface area (Å²) in [7, 11) is 0. The normalized spacial score (nSPS) is 20.2. The van der Waals surface area contributed by atoms with Gasteiger partial charge in [0.2, 0.25) is 5.69 Å². The van der Waals surface area contributed by atoms with E-state index in [1.165, 1.54) is 23.7 Å². The van der Waals surface area contributed by atoms with E-state index in [-0.39, 0.29) is 29.6 Å². The molecule has 124 valence electrons. The molecule has 2 aromatic heterocycles. The predicted molar refractivity (Wildman–Crippen MR) is 92.9 cm³/mol. The highest BCUT2D eigenvalue weighted by atomic mass is 79.9. The van der Waals surface area contributed by atoms with Crippen LogP contribution in [0.2, 0.25) is 0 Å². The van der Waals surface area contributed by atoms with E-state index in [4.69, 9.17) is 10.00 Å². The third-order valence-electron chi connectivity index (χ3n) is 3.85. The highest BCUT2D eigenvalue weighted by Gasteiger charge is 2.25. The quantitative estimate of drug-likeness (QED) is 0.841. The molecule has 0 bridgehead atoms. The van der Waals surface area contributed by atoms with E-state index < -0.39 is 0 Å². The number of thiophene rings is 1. The number of carbonyl (C=O) groups excluding carboxylic acids is 1. The van der Waals surface area contributed by atoms with Crippen LogP contribution in [0.1, 0.15) is 41.0 Å². The zero-order valence-electron chi connectivity index (χ0n) is 12.7. The van der Waals surface area contributed by atoms with Gasteiger partial charge in [0, 0.05) is 28.3 Å². The highest BCUT2D eigenvalue weighted by Crippen LogP contribution is 2.25. The number of ether oxygens (including phenoxy) is 1. The molecule has 0 aliphatic heterocycles. The Morgan fingerprint density at radius 3 is 2.75 bits per heavy atom. The molecular formula is C16H15BrN4O2S. The summed E-state index contributed by atoms with van der Waals surface area (Å²) in [5.74, 6) is 0.256. The van der Waals surface area contributed by atoms with Crippen molar-refractivity contribution in [2.24, 2.45) is 0 Å². The fourth-order valence-electron chi connectivity index (χ4n) is 2.66. The number of hydrogen-bond donors (Lipinski definition) is 1. The van der Waals surface area contributed by atoms with E-state index in [1.807, 2.05) is 17.5 Å². The lowest BCUT2D eigenvalue weighted by Gasteiger charge is -2.29. The first-order chi connectivity index (χ1) is 11.7. The van der Waals surface area contributed by atoms with Crippen LogP contribution < -0.4 is 10.1 Å². The van der Waals surface area contributed by atoms with E-state index in [0.29, 0.717) is 4.88 Å². The fourth-order valence-corrected chi connectivity index (χ4v) is 3.99. The molecule has 0 atom stereocenters. The Balaban J connectivity index is 1.51. The number of nitrogens with one attached hydrogen (secondary N) is 1. The largest absolute Gasteiger partial charge is 0.472 e. The lowest BCUT2D eigenvalue weighted by molar-refractivity contribution is 0.0893. The van der Waals surface area contributed by atoms with Crippen LogP contribution in [0.15, 0.2) is 28.3 Å². The van der Waals surface area contributed by atoms with Crippen LogP contribution in [0.25, 0.3) is 0 Å². The van der Waals surface area contributed by atoms with Crippen molar-refractivity contribution in [3.05, 3.63) is 38.9 Å². The van der Waals surface area contributed by atoms with Crippen molar-refractivity contribution >= 4 is 33.2 Å². The van der Waals surface area contributed by atoms with Crippen LogP contribution in [0.5, 0.6) is 5.88 Å². The minimum Gasteiger partial charge on any atom is -0.472 e. The fraction of sp³-hybridized carbons (Fsp3) is 0.375. The minimum absolute atomic E-state index is 0.00201. The van der Waals surface area contributed by atoms with E-state index in [0.717, 1.165) is 30.2 Å². The molecule has 1 fully saturated rings. The van der Waals surface area contributed by atoms with E-state index >= 15 is 0 Å². The van der Waals surface area contributed by atoms with Crippen LogP contribution in [0, 0.1) is 11.3 Å². The molecule has 1 saturated carbocycles. The van der Waals surface area contributed by atoms with Gasteiger partial charge in [-0.25, -0.2) is 9.97 Å². The average molecular weight is 407 g/mol. The van der Waals surface area contributed by atoms with Gasteiger partial charge in [0.1, 0.15) is 12.2 Å². The minimum atomic E-state index is -0.0317. The van der Waals surface area contributed by atoms with Crippen molar-refractivity contribution in [3.8, 4) is 11.9 Å². The molecule has 1 N–H and O–H groups in total. The zero-order chi connectivity index (χ0) is 16.9. The molecule has 2 aromatic rings. The summed E-state index contributed by atoms with van der Waals surface area (Å²) in [4.78, 5) is 20.9. The molecule has 3 rings (SSSR count). The molecule has 0 spiro atoms. The maximum atomic E-state index is 12.2. The van der Waals surface area contributed by atoms with Crippen molar-refractivity contribution in [2.45, 2.75) is 37.8 Å². The Hall–Kier alpha value is -1.98. The first kappa shape index (κ1) is 16.9. The molecule has 2 heterocycles. The van der Waals surface area contributed by atoms with Crippen LogP contribution >= 0.6 is 27.3 Å². The maximum absolute atomic E-state index is 12.2. The summed E-state index contributed by atoms with van der Waals surface area (Å²) in [5.41, 5.74) is 0.205. The van der Waals surface area contributed by atoms with Gasteiger partial charge >= 0.3 is 0 Å². The first-order valence-corrected chi connectivity index (χ1v) is 9.25. The van der Waals surface area contributed by atoms with Crippen molar-refractivity contribution in [1.29, 1.82) is 5.26 Å². The number of amides is 1. The van der Waals surface area contributed by atoms with E-state index in [2.05, 4.69) is 31.2 Å². The smallest absolute Gasteiger partial charge is 0.261 e. The second-order valence-corrected chi connectivity index (χ2v) is 7.34. The summed E-state index contributed by atoms with van der Waals surface area (Å²) in [6, 6.07) is 3.96. The molecule has 1 aliphatic rings. The maximum Gasteiger partial charge on any atom is 0.261 e. The number of rotatable bonds is 4. The van der Waals surface area contributed by atoms with Gasteiger partial charge in [0.05, 0.1) is 4.88 Å². The molecule has 8 heteroatoms. The molecule has 6 nitrogen and oxygen atoms in total. The summed E-state index contributed by atoms with van der Waals surface area (Å²) in [6.07, 6.45) is 6.27. The van der Waals surface area contributed by atoms with Gasteiger partial charge in [-0.1, -0.05) is 0 Å². The van der Waals surface area contributed by atoms with Gasteiger partial charge in [-0.3, -0.25) is 4.79 Å². The number of hydrogen-bond acceptors (Lipinski definition) is 6. The van der Waals surface area contributed by atoms with Crippen molar-refractivity contribution in [1.82, 2.24) is 15.3 Å². The predicted octanol–water partition coefficient (Wildman–Crippen LogP) is 3.29. The van der Waals surface area contributed by atoms with Gasteiger partial charge < -0.3 is 10.1 Å². The Morgan fingerprint density at radius 1 is 1.33 bits per heavy atom. The Labute approximate surface area is 152 Å². The van der Waals surface area contributed by atoms with Crippen LogP contribution in [0.4, 0.5) is 0 Å². The third-order valence-corrected chi connectivity index (χ3v) is 5.54. The van der Waals surface area contributed by atoms with Gasteiger partial charge in [-0.2, -0.15) is 5.26 Å². The summed E-state index contributed by atoms with van der Waals surface area (Å²) < 4.78 is 6.73. The highest BCUT2D eigenvalue weighted by molar-refractivity contribution is 9.10. The van der Waals surface area contributed by atoms with Crippen LogP contribution in [-0.2, 0) is 0 Å². The molecule has 24 heavy (non-hydrogen) atoms. The monoisotopic (exact) mass is 406 g/mol. The Kier molecular flexibility index (Phi) is 5.43. The SMILES string of the molecule is N#Cc1nccnc1OC1CCC(NC(=O)c2cc(Br)cs2)CC1. The number of carbonyl (C=O) groups is 1. The number of nitriles is 1. The topological polar surface area (TPSA) is 87.9 Å². The lowest BCUT2D eigenvalue weighted by atomic mass is 9.93. The van der Waals surface area contributed by atoms with Crippen LogP contribution in [-0.4, -0.2) is 28.0 Å². The first-order valence-electron chi connectivity index (χ1n) is 7.58. The van der Waals surface area contributed by atoms with Gasteiger partial charge in [0.15, 0.2) is 0 Å². The molecule has 0 aromatic carbocycles. The van der Waals surface area contributed by atoms with Gasteiger partial charge in [0.25, 0.3) is 11.8 Å². The standard InChI is InChI=1S/C16H15BrN4O2S/c17-10-7-14(24-9-10)15(22)21-11-1-3-12(4-2-11)23-16-13(8-18)19-5-6-20-16/h5-7,9,11-12H,1-4H2,(H,21,22). The molecule has 1 aliphatic carbocycles. The molecular weight excluding hydrogens is 392 g/mol. The van der Waals surface area contributed by atoms with Crippen molar-refractivity contribution in [3.63, 3.8) is 0 Å². The summed E-state index contributed by atoms with van der Waals surface area (Å²) in [6.45, 7) is 0. The number of nitrogens with zero attached hydrogens (tertiary/aromatic N) is 3. The second kappa shape index (κ2) is 7.73. The zero-order valence-corrected chi connectivity index (χ0v) is 15.1. The van der Waals surface area contributed by atoms with Gasteiger partial charge in [-0.15, -0.1) is 11.3 Å².